The minimum Gasteiger partial charge on any atom is -0.293 e. The van der Waals surface area contributed by atoms with E-state index in [1.54, 1.807) is 12.1 Å². The third-order valence-corrected chi connectivity index (χ3v) is 2.48. The summed E-state index contributed by atoms with van der Waals surface area (Å²) in [6, 6.07) is 3.42. The smallest absolute Gasteiger partial charge is 0.177 e. The first kappa shape index (κ1) is 10.1. The van der Waals surface area contributed by atoms with Gasteiger partial charge in [-0.15, -0.1) is 0 Å². The van der Waals surface area contributed by atoms with Crippen LogP contribution in [0, 0.1) is 34.5 Å². The Morgan fingerprint density at radius 1 is 0.929 bits per heavy atom. The molecule has 0 N–H and O–H groups in total. The molecule has 1 aliphatic carbocycles. The summed E-state index contributed by atoms with van der Waals surface area (Å²) in [7, 11) is 0. The van der Waals surface area contributed by atoms with Gasteiger partial charge in [0.05, 0.1) is 12.1 Å². The molecule has 4 heteroatoms. The molecule has 1 rings (SSSR count). The van der Waals surface area contributed by atoms with Crippen molar-refractivity contribution in [2.45, 2.75) is 13.8 Å². The van der Waals surface area contributed by atoms with Gasteiger partial charge in [0.25, 0.3) is 0 Å². The van der Waals surface area contributed by atoms with Crippen LogP contribution >= 0.6 is 0 Å². The van der Waals surface area contributed by atoms with Gasteiger partial charge in [0.1, 0.15) is 11.8 Å². The predicted molar refractivity (Wildman–Crippen MR) is 46.6 cm³/mol. The molecule has 14 heavy (non-hydrogen) atoms. The van der Waals surface area contributed by atoms with E-state index in [0.29, 0.717) is 11.1 Å². The van der Waals surface area contributed by atoms with E-state index in [1.165, 1.54) is 13.8 Å². The van der Waals surface area contributed by atoms with Crippen LogP contribution in [0.2, 0.25) is 0 Å². The largest absolute Gasteiger partial charge is 0.293 e. The van der Waals surface area contributed by atoms with Crippen LogP contribution < -0.4 is 0 Å². The molecule has 0 bridgehead atoms. The van der Waals surface area contributed by atoms with Gasteiger partial charge in [-0.3, -0.25) is 9.59 Å². The van der Waals surface area contributed by atoms with E-state index in [1.807, 2.05) is 0 Å². The highest BCUT2D eigenvalue weighted by molar-refractivity contribution is 6.15. The van der Waals surface area contributed by atoms with Gasteiger partial charge in [0, 0.05) is 0 Å². The zero-order valence-corrected chi connectivity index (χ0v) is 7.87. The zero-order valence-electron chi connectivity index (χ0n) is 7.87. The lowest BCUT2D eigenvalue weighted by Crippen LogP contribution is -2.34. The van der Waals surface area contributed by atoms with Crippen LogP contribution in [-0.4, -0.2) is 11.6 Å². The summed E-state index contributed by atoms with van der Waals surface area (Å²) < 4.78 is 0. The molecule has 2 atom stereocenters. The van der Waals surface area contributed by atoms with Crippen LogP contribution in [0.3, 0.4) is 0 Å². The Morgan fingerprint density at radius 3 is 1.43 bits per heavy atom. The first-order valence-electron chi connectivity index (χ1n) is 4.09. The first-order chi connectivity index (χ1) is 6.54. The van der Waals surface area contributed by atoms with Crippen molar-refractivity contribution < 1.29 is 9.59 Å². The lowest BCUT2D eigenvalue weighted by Gasteiger charge is -2.20. The highest BCUT2D eigenvalue weighted by Gasteiger charge is 2.40. The van der Waals surface area contributed by atoms with Crippen LogP contribution in [0.1, 0.15) is 13.8 Å². The summed E-state index contributed by atoms with van der Waals surface area (Å²) in [4.78, 5) is 23.0. The molecular formula is C10H8N2O2. The van der Waals surface area contributed by atoms with Crippen molar-refractivity contribution in [1.29, 1.82) is 10.5 Å². The van der Waals surface area contributed by atoms with Gasteiger partial charge in [-0.25, -0.2) is 0 Å². The quantitative estimate of drug-likeness (QED) is 0.561. The minimum atomic E-state index is -1.13. The van der Waals surface area contributed by atoms with Gasteiger partial charge in [-0.1, -0.05) is 0 Å². The number of allylic oxidation sites excluding steroid dienone is 2. The maximum atomic E-state index is 11.5. The Labute approximate surface area is 81.4 Å². The molecule has 0 radical (unpaired) electrons. The average molecular weight is 188 g/mol. The lowest BCUT2D eigenvalue weighted by molar-refractivity contribution is -0.126. The number of nitrogens with zero attached hydrogens (tertiary/aromatic N) is 2. The summed E-state index contributed by atoms with van der Waals surface area (Å²) in [6.07, 6.45) is 0. The number of Topliss-reactive ketones (excluding diaryl/α,β-unsaturated/α-hetero) is 2. The molecule has 0 heterocycles. The highest BCUT2D eigenvalue weighted by Crippen LogP contribution is 2.27. The van der Waals surface area contributed by atoms with Gasteiger partial charge in [0.15, 0.2) is 11.6 Å². The standard InChI is InChI=1S/C10H8N2O2/c1-5-6(2)10(14)8(4-12)7(3-11)9(5)13/h7-8H,1-2H3. The Balaban J connectivity index is 3.32. The second-order valence-electron chi connectivity index (χ2n) is 3.19. The zero-order chi connectivity index (χ0) is 10.9. The van der Waals surface area contributed by atoms with E-state index in [0.717, 1.165) is 0 Å². The fraction of sp³-hybridized carbons (Fsp3) is 0.400. The monoisotopic (exact) mass is 188 g/mol. The Bertz CT molecular complexity index is 380. The molecule has 0 aromatic carbocycles. The van der Waals surface area contributed by atoms with Crippen LogP contribution in [-0.2, 0) is 9.59 Å². The van der Waals surface area contributed by atoms with Crippen LogP contribution in [0.25, 0.3) is 0 Å². The van der Waals surface area contributed by atoms with Crippen LogP contribution in [0.15, 0.2) is 11.1 Å². The number of hydrogen-bond donors (Lipinski definition) is 0. The summed E-state index contributed by atoms with van der Waals surface area (Å²) in [6.45, 7) is 3.01. The Kier molecular flexibility index (Phi) is 2.49. The van der Waals surface area contributed by atoms with Crippen molar-refractivity contribution in [1.82, 2.24) is 0 Å². The Morgan fingerprint density at radius 2 is 1.21 bits per heavy atom. The Hall–Kier alpha value is -1.94. The maximum Gasteiger partial charge on any atom is 0.177 e. The SMILES string of the molecule is CC1=C(C)C(=O)C(C#N)C(C#N)C1=O. The first-order valence-corrected chi connectivity index (χ1v) is 4.09. The van der Waals surface area contributed by atoms with Gasteiger partial charge < -0.3 is 0 Å². The van der Waals surface area contributed by atoms with Crippen molar-refractivity contribution in [3.05, 3.63) is 11.1 Å². The van der Waals surface area contributed by atoms with Gasteiger partial charge in [0.2, 0.25) is 0 Å². The molecule has 0 amide bonds. The molecular weight excluding hydrogens is 180 g/mol. The molecule has 2 unspecified atom stereocenters. The maximum absolute atomic E-state index is 11.5. The second-order valence-corrected chi connectivity index (χ2v) is 3.19. The predicted octanol–water partition coefficient (Wildman–Crippen LogP) is 0.754. The fourth-order valence-electron chi connectivity index (χ4n) is 1.41. The number of nitriles is 2. The van der Waals surface area contributed by atoms with Crippen molar-refractivity contribution in [2.24, 2.45) is 11.8 Å². The van der Waals surface area contributed by atoms with Crippen molar-refractivity contribution in [2.75, 3.05) is 0 Å². The summed E-state index contributed by atoms with van der Waals surface area (Å²) in [5.41, 5.74) is 0.598. The molecule has 0 saturated heterocycles. The van der Waals surface area contributed by atoms with E-state index in [2.05, 4.69) is 0 Å². The fourth-order valence-corrected chi connectivity index (χ4v) is 1.41. The summed E-state index contributed by atoms with van der Waals surface area (Å²) in [5, 5.41) is 17.4. The van der Waals surface area contributed by atoms with E-state index in [9.17, 15) is 9.59 Å². The normalized spacial score (nSPS) is 27.1. The molecule has 1 aliphatic rings. The summed E-state index contributed by atoms with van der Waals surface area (Å²) >= 11 is 0. The second kappa shape index (κ2) is 3.43. The minimum absolute atomic E-state index is 0.299. The average Bonchev–Trinajstić information content (AvgIpc) is 2.20. The topological polar surface area (TPSA) is 81.7 Å². The lowest BCUT2D eigenvalue weighted by atomic mass is 9.76. The molecule has 0 aromatic rings. The van der Waals surface area contributed by atoms with E-state index in [4.69, 9.17) is 10.5 Å². The van der Waals surface area contributed by atoms with Gasteiger partial charge in [-0.2, -0.15) is 10.5 Å². The molecule has 70 valence electrons. The highest BCUT2D eigenvalue weighted by atomic mass is 16.1. The van der Waals surface area contributed by atoms with Gasteiger partial charge in [-0.05, 0) is 25.0 Å². The molecule has 0 spiro atoms. The van der Waals surface area contributed by atoms with Crippen molar-refractivity contribution in [3.63, 3.8) is 0 Å². The van der Waals surface area contributed by atoms with Crippen LogP contribution in [0.4, 0.5) is 0 Å². The number of ketones is 2. The molecule has 4 nitrogen and oxygen atoms in total. The third-order valence-electron chi connectivity index (χ3n) is 2.48. The number of carbonyl (C=O) groups is 2. The molecule has 0 aliphatic heterocycles. The summed E-state index contributed by atoms with van der Waals surface area (Å²) in [5.74, 6) is -3.07. The molecule has 0 fully saturated rings. The third kappa shape index (κ3) is 1.22. The number of hydrogen-bond acceptors (Lipinski definition) is 4. The number of carbonyl (C=O) groups excluding carboxylic acids is 2. The van der Waals surface area contributed by atoms with E-state index >= 15 is 0 Å². The molecule has 0 saturated carbocycles. The van der Waals surface area contributed by atoms with Gasteiger partial charge >= 0.3 is 0 Å². The van der Waals surface area contributed by atoms with E-state index in [-0.39, 0.29) is 0 Å². The molecule has 0 aromatic heterocycles. The van der Waals surface area contributed by atoms with Crippen molar-refractivity contribution >= 4 is 11.6 Å². The van der Waals surface area contributed by atoms with E-state index < -0.39 is 23.4 Å². The number of rotatable bonds is 0. The van der Waals surface area contributed by atoms with Crippen molar-refractivity contribution in [3.8, 4) is 12.1 Å². The van der Waals surface area contributed by atoms with Crippen LogP contribution in [0.5, 0.6) is 0 Å².